The number of carbonyl (C=O) groups excluding carboxylic acids is 2. The van der Waals surface area contributed by atoms with Gasteiger partial charge in [0.15, 0.2) is 5.78 Å². The molecule has 0 bridgehead atoms. The van der Waals surface area contributed by atoms with Crippen molar-refractivity contribution in [1.29, 1.82) is 5.26 Å². The second-order valence-corrected chi connectivity index (χ2v) is 17.2. The van der Waals surface area contributed by atoms with E-state index in [9.17, 15) is 28.0 Å². The van der Waals surface area contributed by atoms with Crippen LogP contribution < -0.4 is 21.2 Å². The highest BCUT2D eigenvalue weighted by Crippen LogP contribution is 2.46. The fraction of sp³-hybridized carbons (Fsp3) is 0.286. The molecular weight excluding hydrogens is 712 g/mol. The molecule has 0 aliphatic rings. The SMILES string of the molecule is CCCC[C@H](NC(=O)O[C@H](Cc1nnc(-c2ccc(C(F)(F)F)cc2)o1)C(C)(C)C)C(=O)C(C#N)=P(c1ccccc1)(c1ccccc1)c1ccccc1. The maximum atomic E-state index is 14.9. The van der Waals surface area contributed by atoms with E-state index < -0.39 is 48.1 Å². The van der Waals surface area contributed by atoms with Crippen LogP contribution in [0, 0.1) is 16.7 Å². The van der Waals surface area contributed by atoms with Gasteiger partial charge in [0.05, 0.1) is 18.0 Å². The van der Waals surface area contributed by atoms with E-state index >= 15 is 0 Å². The van der Waals surface area contributed by atoms with Crippen LogP contribution in [-0.4, -0.2) is 39.5 Å². The van der Waals surface area contributed by atoms with Crippen molar-refractivity contribution < 1.29 is 31.9 Å². The fourth-order valence-corrected chi connectivity index (χ4v) is 10.3. The van der Waals surface area contributed by atoms with E-state index in [1.807, 2.05) is 119 Å². The highest BCUT2D eigenvalue weighted by atomic mass is 31.2. The third-order valence-electron chi connectivity index (χ3n) is 9.06. The number of alkyl halides is 3. The van der Waals surface area contributed by atoms with Crippen LogP contribution in [0.4, 0.5) is 18.0 Å². The van der Waals surface area contributed by atoms with Gasteiger partial charge in [0, 0.05) is 5.56 Å². The van der Waals surface area contributed by atoms with E-state index in [-0.39, 0.29) is 29.9 Å². The van der Waals surface area contributed by atoms with Gasteiger partial charge >= 0.3 is 12.3 Å². The van der Waals surface area contributed by atoms with Gasteiger partial charge in [-0.3, -0.25) is 4.79 Å². The summed E-state index contributed by atoms with van der Waals surface area (Å²) in [4.78, 5) is 28.6. The van der Waals surface area contributed by atoms with Crippen molar-refractivity contribution in [1.82, 2.24) is 15.5 Å². The number of hydrogen-bond acceptors (Lipinski definition) is 7. The lowest BCUT2D eigenvalue weighted by atomic mass is 9.87. The van der Waals surface area contributed by atoms with Crippen LogP contribution in [0.15, 0.2) is 120 Å². The molecule has 0 fully saturated rings. The summed E-state index contributed by atoms with van der Waals surface area (Å²) in [7, 11) is 0. The molecule has 280 valence electrons. The minimum absolute atomic E-state index is 0.00163. The molecule has 0 aliphatic carbocycles. The average Bonchev–Trinajstić information content (AvgIpc) is 3.64. The number of nitrogens with zero attached hydrogens (tertiary/aromatic N) is 3. The summed E-state index contributed by atoms with van der Waals surface area (Å²) in [6, 6.07) is 34.3. The standard InChI is InChI=1S/C42H42F3N4O4P/c1-5-6-22-34(38(50)35(28-46)54(31-16-10-7-11-17-31,32-18-12-8-13-19-32)33-20-14-9-15-21-33)47-40(51)52-36(41(2,3)4)27-37-48-49-39(53-37)29-23-25-30(26-24-29)42(43,44)45/h7-21,23-26,34,36H,5-6,22,27H2,1-4H3,(H,47,51)/t34-,36+/m0/s1. The van der Waals surface area contributed by atoms with Crippen LogP contribution >= 0.6 is 6.89 Å². The van der Waals surface area contributed by atoms with Gasteiger partial charge in [-0.05, 0) is 58.9 Å². The van der Waals surface area contributed by atoms with Crippen LogP contribution in [-0.2, 0) is 22.1 Å². The molecule has 8 nitrogen and oxygen atoms in total. The Morgan fingerprint density at radius 3 is 1.80 bits per heavy atom. The van der Waals surface area contributed by atoms with Crippen LogP contribution in [0.25, 0.3) is 11.5 Å². The Kier molecular flexibility index (Phi) is 12.6. The lowest BCUT2D eigenvalue weighted by Gasteiger charge is -2.32. The topological polar surface area (TPSA) is 118 Å². The summed E-state index contributed by atoms with van der Waals surface area (Å²) in [5.41, 5.74) is -1.14. The number of rotatable bonds is 13. The first-order valence-corrected chi connectivity index (χ1v) is 19.4. The number of ether oxygens (including phenoxy) is 1. The summed E-state index contributed by atoms with van der Waals surface area (Å²) in [6.45, 7) is 4.50. The van der Waals surface area contributed by atoms with Gasteiger partial charge in [0.1, 0.15) is 17.5 Å². The number of nitrogens with one attached hydrogen (secondary N) is 1. The fourth-order valence-electron chi connectivity index (χ4n) is 6.17. The second kappa shape index (κ2) is 17.1. The van der Waals surface area contributed by atoms with E-state index in [0.717, 1.165) is 34.5 Å². The summed E-state index contributed by atoms with van der Waals surface area (Å²) < 4.78 is 50.9. The van der Waals surface area contributed by atoms with E-state index in [1.54, 1.807) is 0 Å². The number of nitriles is 1. The number of halogens is 3. The van der Waals surface area contributed by atoms with Gasteiger partial charge in [-0.1, -0.05) is 132 Å². The summed E-state index contributed by atoms with van der Waals surface area (Å²) in [5, 5.41) is 24.4. The number of hydrogen-bond donors (Lipinski definition) is 1. The van der Waals surface area contributed by atoms with E-state index in [0.29, 0.717) is 12.0 Å². The average molecular weight is 755 g/mol. The molecule has 1 amide bonds. The predicted octanol–water partition coefficient (Wildman–Crippen LogP) is 8.26. The first kappa shape index (κ1) is 39.7. The lowest BCUT2D eigenvalue weighted by molar-refractivity contribution is -0.137. The van der Waals surface area contributed by atoms with Crippen LogP contribution in [0.1, 0.15) is 58.4 Å². The Morgan fingerprint density at radius 2 is 1.35 bits per heavy atom. The third-order valence-corrected chi connectivity index (χ3v) is 13.3. The van der Waals surface area contributed by atoms with Crippen LogP contribution in [0.5, 0.6) is 0 Å². The maximum Gasteiger partial charge on any atom is 0.416 e. The number of ketones is 1. The summed E-state index contributed by atoms with van der Waals surface area (Å²) >= 11 is 0. The van der Waals surface area contributed by atoms with E-state index in [1.165, 1.54) is 12.1 Å². The molecule has 0 aliphatic heterocycles. The van der Waals surface area contributed by atoms with Crippen molar-refractivity contribution in [2.24, 2.45) is 5.41 Å². The highest BCUT2D eigenvalue weighted by Gasteiger charge is 2.38. The minimum atomic E-state index is -4.49. The van der Waals surface area contributed by atoms with Gasteiger partial charge in [-0.15, -0.1) is 10.2 Å². The molecule has 0 radical (unpaired) electrons. The molecule has 0 unspecified atom stereocenters. The minimum Gasteiger partial charge on any atom is -0.445 e. The van der Waals surface area contributed by atoms with Gasteiger partial charge in [0.25, 0.3) is 0 Å². The van der Waals surface area contributed by atoms with E-state index in [4.69, 9.17) is 9.15 Å². The number of carbonyl (C=O) groups is 2. The first-order chi connectivity index (χ1) is 25.8. The number of aromatic nitrogens is 2. The third kappa shape index (κ3) is 9.00. The molecule has 5 rings (SSSR count). The number of Topliss-reactive ketones (excluding diaryl/α,β-unsaturated/α-hetero) is 1. The van der Waals surface area contributed by atoms with E-state index in [2.05, 4.69) is 21.6 Å². The zero-order valence-corrected chi connectivity index (χ0v) is 31.4. The molecule has 1 aromatic heterocycles. The number of benzene rings is 4. The van der Waals surface area contributed by atoms with Crippen molar-refractivity contribution in [3.05, 3.63) is 127 Å². The van der Waals surface area contributed by atoms with Crippen molar-refractivity contribution in [3.8, 4) is 17.5 Å². The monoisotopic (exact) mass is 754 g/mol. The molecule has 5 aromatic rings. The molecule has 4 aromatic carbocycles. The molecule has 1 heterocycles. The van der Waals surface area contributed by atoms with Crippen molar-refractivity contribution >= 4 is 40.0 Å². The Labute approximate surface area is 313 Å². The van der Waals surface area contributed by atoms with Crippen molar-refractivity contribution in [2.75, 3.05) is 0 Å². The lowest BCUT2D eigenvalue weighted by Crippen LogP contribution is -2.47. The number of unbranched alkanes of at least 4 members (excludes halogenated alkanes) is 1. The quantitative estimate of drug-likeness (QED) is 0.120. The van der Waals surface area contributed by atoms with Gasteiger partial charge in [0.2, 0.25) is 11.8 Å². The van der Waals surface area contributed by atoms with Gasteiger partial charge < -0.3 is 14.5 Å². The first-order valence-electron chi connectivity index (χ1n) is 17.6. The van der Waals surface area contributed by atoms with Gasteiger partial charge in [-0.2, -0.15) is 18.4 Å². The summed E-state index contributed by atoms with van der Waals surface area (Å²) in [5.74, 6) is -0.361. The number of alkyl carbamates (subject to hydrolysis) is 1. The largest absolute Gasteiger partial charge is 0.445 e. The molecule has 0 saturated heterocycles. The molecular formula is C42H42F3N4O4P. The van der Waals surface area contributed by atoms with Crippen molar-refractivity contribution in [2.45, 2.75) is 71.7 Å². The Hall–Kier alpha value is -5.46. The normalized spacial score (nSPS) is 13.0. The predicted molar refractivity (Wildman–Crippen MR) is 205 cm³/mol. The summed E-state index contributed by atoms with van der Waals surface area (Å²) in [6.07, 6.45) is -4.55. The molecule has 0 spiro atoms. The van der Waals surface area contributed by atoms with Gasteiger partial charge in [-0.25, -0.2) is 4.79 Å². The molecule has 2 atom stereocenters. The highest BCUT2D eigenvalue weighted by molar-refractivity contribution is 7.97. The molecule has 0 saturated carbocycles. The van der Waals surface area contributed by atoms with Crippen molar-refractivity contribution in [3.63, 3.8) is 0 Å². The zero-order valence-electron chi connectivity index (χ0n) is 30.5. The molecule has 12 heteroatoms. The number of amides is 1. The zero-order chi connectivity index (χ0) is 38.9. The smallest absolute Gasteiger partial charge is 0.416 e. The Balaban J connectivity index is 1.48. The van der Waals surface area contributed by atoms with Crippen LogP contribution in [0.2, 0.25) is 0 Å². The Bertz CT molecular complexity index is 2020. The molecule has 1 N–H and O–H groups in total. The second-order valence-electron chi connectivity index (χ2n) is 13.9. The Morgan fingerprint density at radius 1 is 0.833 bits per heavy atom. The van der Waals surface area contributed by atoms with Crippen LogP contribution in [0.3, 0.4) is 0 Å². The maximum absolute atomic E-state index is 14.9. The molecule has 54 heavy (non-hydrogen) atoms.